The molecular weight excluding hydrogens is 484 g/mol. The van der Waals surface area contributed by atoms with Gasteiger partial charge in [0, 0.05) is 11.9 Å². The third kappa shape index (κ3) is 6.43. The number of hydrogen-bond donors (Lipinski definition) is 1. The summed E-state index contributed by atoms with van der Waals surface area (Å²) in [6, 6.07) is 8.04. The van der Waals surface area contributed by atoms with Gasteiger partial charge in [-0.2, -0.15) is 0 Å². The molecular formula is C25H32N4O4S2. The molecule has 3 rings (SSSR count). The number of nitrogens with one attached hydrogen (secondary N) is 1. The number of carbonyl (C=O) groups excluding carboxylic acids is 2. The molecule has 35 heavy (non-hydrogen) atoms. The van der Waals surface area contributed by atoms with Gasteiger partial charge in [0.25, 0.3) is 0 Å². The van der Waals surface area contributed by atoms with E-state index in [1.807, 2.05) is 37.6 Å². The van der Waals surface area contributed by atoms with Crippen LogP contribution in [0.3, 0.4) is 0 Å². The number of hydrogen-bond acceptors (Lipinski definition) is 8. The molecule has 0 saturated heterocycles. The SMILES string of the molecule is CCc1c(C)sc(NC(=O)CSc2nnc(COc3ccc(C(C)(C)C)cc3)n2C)c1C(=O)OC. The Morgan fingerprint density at radius 2 is 1.86 bits per heavy atom. The number of rotatable bonds is 9. The van der Waals surface area contributed by atoms with Gasteiger partial charge in [0.2, 0.25) is 5.91 Å². The smallest absolute Gasteiger partial charge is 0.341 e. The largest absolute Gasteiger partial charge is 0.486 e. The lowest BCUT2D eigenvalue weighted by Gasteiger charge is -2.19. The van der Waals surface area contributed by atoms with Gasteiger partial charge in [-0.05, 0) is 42.0 Å². The number of esters is 1. The fourth-order valence-electron chi connectivity index (χ4n) is 3.50. The van der Waals surface area contributed by atoms with Crippen LogP contribution in [0, 0.1) is 6.92 Å². The zero-order valence-corrected chi connectivity index (χ0v) is 22.9. The summed E-state index contributed by atoms with van der Waals surface area (Å²) in [5, 5.41) is 12.4. The van der Waals surface area contributed by atoms with Gasteiger partial charge >= 0.3 is 5.97 Å². The predicted octanol–water partition coefficient (Wildman–Crippen LogP) is 5.14. The zero-order valence-electron chi connectivity index (χ0n) is 21.2. The first-order valence-corrected chi connectivity index (χ1v) is 13.1. The maximum absolute atomic E-state index is 12.6. The molecule has 10 heteroatoms. The lowest BCUT2D eigenvalue weighted by atomic mass is 9.87. The topological polar surface area (TPSA) is 95.3 Å². The molecule has 0 spiro atoms. The number of ether oxygens (including phenoxy) is 2. The maximum Gasteiger partial charge on any atom is 0.341 e. The van der Waals surface area contributed by atoms with Crippen molar-refractivity contribution in [2.24, 2.45) is 7.05 Å². The van der Waals surface area contributed by atoms with Gasteiger partial charge in [-0.15, -0.1) is 21.5 Å². The maximum atomic E-state index is 12.6. The van der Waals surface area contributed by atoms with Gasteiger partial charge in [-0.25, -0.2) is 4.79 Å². The molecule has 3 aromatic rings. The van der Waals surface area contributed by atoms with Gasteiger partial charge in [0.05, 0.1) is 18.4 Å². The lowest BCUT2D eigenvalue weighted by Crippen LogP contribution is -2.16. The molecule has 1 N–H and O–H groups in total. The van der Waals surface area contributed by atoms with Gasteiger partial charge in [0.15, 0.2) is 11.0 Å². The third-order valence-corrected chi connectivity index (χ3v) is 7.63. The van der Waals surface area contributed by atoms with Crippen LogP contribution in [-0.2, 0) is 35.0 Å². The first-order chi connectivity index (χ1) is 16.5. The van der Waals surface area contributed by atoms with E-state index in [0.29, 0.717) is 28.0 Å². The molecule has 0 saturated carbocycles. The normalized spacial score (nSPS) is 11.4. The molecule has 0 unspecified atom stereocenters. The van der Waals surface area contributed by atoms with E-state index in [1.165, 1.54) is 35.8 Å². The fraction of sp³-hybridized carbons (Fsp3) is 0.440. The van der Waals surface area contributed by atoms with Crippen LogP contribution in [0.4, 0.5) is 5.00 Å². The van der Waals surface area contributed by atoms with Crippen LogP contribution in [0.5, 0.6) is 5.75 Å². The Morgan fingerprint density at radius 3 is 2.46 bits per heavy atom. The molecule has 0 aliphatic rings. The van der Waals surface area contributed by atoms with Crippen LogP contribution in [0.2, 0.25) is 0 Å². The van der Waals surface area contributed by atoms with E-state index in [1.54, 1.807) is 0 Å². The monoisotopic (exact) mass is 516 g/mol. The molecule has 0 radical (unpaired) electrons. The third-order valence-electron chi connectivity index (χ3n) is 5.55. The summed E-state index contributed by atoms with van der Waals surface area (Å²) in [6.07, 6.45) is 0.682. The van der Waals surface area contributed by atoms with E-state index in [4.69, 9.17) is 9.47 Å². The Kier molecular flexibility index (Phi) is 8.60. The first kappa shape index (κ1) is 26.7. The Balaban J connectivity index is 1.58. The van der Waals surface area contributed by atoms with Crippen molar-refractivity contribution in [3.63, 3.8) is 0 Å². The van der Waals surface area contributed by atoms with Crippen molar-refractivity contribution in [1.29, 1.82) is 0 Å². The van der Waals surface area contributed by atoms with E-state index in [-0.39, 0.29) is 23.7 Å². The Bertz CT molecular complexity index is 1190. The lowest BCUT2D eigenvalue weighted by molar-refractivity contribution is -0.113. The quantitative estimate of drug-likeness (QED) is 0.311. The molecule has 188 valence electrons. The number of anilines is 1. The van der Waals surface area contributed by atoms with Crippen LogP contribution in [0.1, 0.15) is 59.9 Å². The van der Waals surface area contributed by atoms with Crippen molar-refractivity contribution >= 4 is 40.0 Å². The average Bonchev–Trinajstić information content (AvgIpc) is 3.33. The molecule has 0 aliphatic heterocycles. The number of thioether (sulfide) groups is 1. The fourth-order valence-corrected chi connectivity index (χ4v) is 5.38. The second kappa shape index (κ2) is 11.3. The molecule has 0 fully saturated rings. The van der Waals surface area contributed by atoms with Crippen molar-refractivity contribution in [3.8, 4) is 5.75 Å². The highest BCUT2D eigenvalue weighted by Gasteiger charge is 2.23. The van der Waals surface area contributed by atoms with Gasteiger partial charge in [-0.1, -0.05) is 51.6 Å². The first-order valence-electron chi connectivity index (χ1n) is 11.3. The van der Waals surface area contributed by atoms with E-state index in [0.717, 1.165) is 16.2 Å². The van der Waals surface area contributed by atoms with Gasteiger partial charge in [0.1, 0.15) is 17.4 Å². The Hall–Kier alpha value is -2.85. The second-order valence-electron chi connectivity index (χ2n) is 9.04. The summed E-state index contributed by atoms with van der Waals surface area (Å²) in [4.78, 5) is 25.9. The highest BCUT2D eigenvalue weighted by molar-refractivity contribution is 7.99. The summed E-state index contributed by atoms with van der Waals surface area (Å²) < 4.78 is 12.6. The summed E-state index contributed by atoms with van der Waals surface area (Å²) in [7, 11) is 3.18. The van der Waals surface area contributed by atoms with E-state index < -0.39 is 5.97 Å². The number of nitrogens with zero attached hydrogens (tertiary/aromatic N) is 3. The van der Waals surface area contributed by atoms with E-state index >= 15 is 0 Å². The molecule has 8 nitrogen and oxygen atoms in total. The average molecular weight is 517 g/mol. The number of thiophene rings is 1. The standard InChI is InChI=1S/C25H32N4O4S2/c1-8-18-15(2)35-22(21(18)23(31)32-7)26-20(30)14-34-24-28-27-19(29(24)6)13-33-17-11-9-16(10-12-17)25(3,4)5/h9-12H,8,13-14H2,1-7H3,(H,26,30). The molecule has 0 aliphatic carbocycles. The van der Waals surface area contributed by atoms with Crippen LogP contribution in [0.15, 0.2) is 29.4 Å². The van der Waals surface area contributed by atoms with Crippen molar-refractivity contribution in [1.82, 2.24) is 14.8 Å². The summed E-state index contributed by atoms with van der Waals surface area (Å²) in [5.41, 5.74) is 2.66. The highest BCUT2D eigenvalue weighted by atomic mass is 32.2. The van der Waals surface area contributed by atoms with Crippen molar-refractivity contribution in [2.45, 2.75) is 58.2 Å². The second-order valence-corrected chi connectivity index (χ2v) is 11.2. The minimum absolute atomic E-state index is 0.0854. The van der Waals surface area contributed by atoms with E-state index in [9.17, 15) is 9.59 Å². The van der Waals surface area contributed by atoms with Crippen LogP contribution in [0.25, 0.3) is 0 Å². The van der Waals surface area contributed by atoms with Gasteiger partial charge in [-0.3, -0.25) is 4.79 Å². The van der Waals surface area contributed by atoms with Gasteiger partial charge < -0.3 is 19.4 Å². The minimum atomic E-state index is -0.444. The van der Waals surface area contributed by atoms with Crippen molar-refractivity contribution in [2.75, 3.05) is 18.2 Å². The molecule has 0 atom stereocenters. The zero-order chi connectivity index (χ0) is 25.8. The van der Waals surface area contributed by atoms with Crippen molar-refractivity contribution < 1.29 is 19.1 Å². The van der Waals surface area contributed by atoms with Crippen LogP contribution < -0.4 is 10.1 Å². The highest BCUT2D eigenvalue weighted by Crippen LogP contribution is 2.34. The number of carbonyl (C=O) groups is 2. The molecule has 2 heterocycles. The summed E-state index contributed by atoms with van der Waals surface area (Å²) in [5.74, 6) is 0.861. The number of aromatic nitrogens is 3. The number of methoxy groups -OCH3 is 1. The molecule has 1 amide bonds. The summed E-state index contributed by atoms with van der Waals surface area (Å²) in [6.45, 7) is 10.7. The molecule has 0 bridgehead atoms. The van der Waals surface area contributed by atoms with Crippen LogP contribution >= 0.6 is 23.1 Å². The Labute approximate surface area is 214 Å². The van der Waals surface area contributed by atoms with E-state index in [2.05, 4.69) is 48.4 Å². The number of aryl methyl sites for hydroxylation is 1. The Morgan fingerprint density at radius 1 is 1.17 bits per heavy atom. The molecule has 2 aromatic heterocycles. The van der Waals surface area contributed by atoms with Crippen molar-refractivity contribution in [3.05, 3.63) is 51.7 Å². The minimum Gasteiger partial charge on any atom is -0.486 e. The summed E-state index contributed by atoms with van der Waals surface area (Å²) >= 11 is 2.65. The number of benzene rings is 1. The number of amides is 1. The molecule has 1 aromatic carbocycles. The van der Waals surface area contributed by atoms with Crippen LogP contribution in [-0.4, -0.2) is 39.5 Å². The predicted molar refractivity (Wildman–Crippen MR) is 140 cm³/mol.